The van der Waals surface area contributed by atoms with Crippen molar-refractivity contribution in [1.82, 2.24) is 9.97 Å². The Labute approximate surface area is 117 Å². The van der Waals surface area contributed by atoms with Gasteiger partial charge in [-0.2, -0.15) is 0 Å². The van der Waals surface area contributed by atoms with E-state index in [1.54, 1.807) is 20.2 Å². The van der Waals surface area contributed by atoms with Crippen molar-refractivity contribution in [3.05, 3.63) is 36.2 Å². The maximum atomic E-state index is 11.7. The molecule has 0 unspecified atom stereocenters. The lowest BCUT2D eigenvalue weighted by Crippen LogP contribution is -2.10. The molecule has 0 amide bonds. The monoisotopic (exact) mass is 275 g/mol. The van der Waals surface area contributed by atoms with Crippen LogP contribution in [0.2, 0.25) is 0 Å². The second kappa shape index (κ2) is 7.67. The molecule has 0 saturated heterocycles. The fourth-order valence-corrected chi connectivity index (χ4v) is 1.42. The van der Waals surface area contributed by atoms with E-state index in [1.807, 2.05) is 0 Å². The summed E-state index contributed by atoms with van der Waals surface area (Å²) in [5.74, 6) is -0.540. The fourth-order valence-electron chi connectivity index (χ4n) is 1.42. The number of allylic oxidation sites excluding steroid dienone is 1. The number of esters is 1. The summed E-state index contributed by atoms with van der Waals surface area (Å²) in [5.41, 5.74) is 12.6. The van der Waals surface area contributed by atoms with Crippen LogP contribution in [0, 0.1) is 0 Å². The van der Waals surface area contributed by atoms with Gasteiger partial charge in [0.15, 0.2) is 0 Å². The Balaban J connectivity index is 3.04. The number of nitrogens with two attached hydrogens (primary N) is 2. The topological polar surface area (TPSA) is 116 Å². The molecule has 0 aromatic carbocycles. The molecule has 0 radical (unpaired) electrons. The SMILES string of the molecule is CCOC(=O)/C(=C/N)c1cnc(/C(C=NC)=C/N)cn1. The van der Waals surface area contributed by atoms with Gasteiger partial charge in [-0.1, -0.05) is 0 Å². The first-order valence-corrected chi connectivity index (χ1v) is 5.93. The summed E-state index contributed by atoms with van der Waals surface area (Å²) in [6, 6.07) is 0. The molecular formula is C13H17N5O2. The molecule has 20 heavy (non-hydrogen) atoms. The zero-order chi connectivity index (χ0) is 15.0. The van der Waals surface area contributed by atoms with Crippen LogP contribution in [0.3, 0.4) is 0 Å². The van der Waals surface area contributed by atoms with Gasteiger partial charge in [-0.15, -0.1) is 0 Å². The maximum absolute atomic E-state index is 11.7. The first-order chi connectivity index (χ1) is 9.67. The first-order valence-electron chi connectivity index (χ1n) is 5.93. The van der Waals surface area contributed by atoms with Crippen molar-refractivity contribution < 1.29 is 9.53 Å². The first kappa shape index (κ1) is 15.4. The lowest BCUT2D eigenvalue weighted by atomic mass is 10.2. The van der Waals surface area contributed by atoms with Crippen molar-refractivity contribution in [3.63, 3.8) is 0 Å². The van der Waals surface area contributed by atoms with Crippen LogP contribution in [-0.4, -0.2) is 35.8 Å². The quantitative estimate of drug-likeness (QED) is 0.454. The highest BCUT2D eigenvalue weighted by molar-refractivity contribution is 6.15. The number of carbonyl (C=O) groups is 1. The number of rotatable bonds is 5. The highest BCUT2D eigenvalue weighted by Gasteiger charge is 2.14. The van der Waals surface area contributed by atoms with Crippen molar-refractivity contribution in [2.45, 2.75) is 6.92 Å². The van der Waals surface area contributed by atoms with Crippen LogP contribution in [-0.2, 0) is 9.53 Å². The van der Waals surface area contributed by atoms with Gasteiger partial charge in [-0.05, 0) is 6.92 Å². The molecule has 0 atom stereocenters. The van der Waals surface area contributed by atoms with Gasteiger partial charge in [0, 0.05) is 31.2 Å². The van der Waals surface area contributed by atoms with E-state index >= 15 is 0 Å². The molecule has 1 aromatic rings. The van der Waals surface area contributed by atoms with Crippen molar-refractivity contribution in [2.75, 3.05) is 13.7 Å². The Morgan fingerprint density at radius 2 is 1.95 bits per heavy atom. The van der Waals surface area contributed by atoms with Gasteiger partial charge in [-0.25, -0.2) is 4.79 Å². The molecule has 0 fully saturated rings. The van der Waals surface area contributed by atoms with E-state index in [-0.39, 0.29) is 12.2 Å². The van der Waals surface area contributed by atoms with Crippen LogP contribution in [0.15, 0.2) is 29.8 Å². The minimum absolute atomic E-state index is 0.160. The van der Waals surface area contributed by atoms with Crippen molar-refractivity contribution in [2.24, 2.45) is 16.5 Å². The van der Waals surface area contributed by atoms with Gasteiger partial charge in [0.25, 0.3) is 0 Å². The average molecular weight is 275 g/mol. The number of aromatic nitrogens is 2. The summed E-state index contributed by atoms with van der Waals surface area (Å²) in [4.78, 5) is 23.8. The minimum Gasteiger partial charge on any atom is -0.462 e. The predicted molar refractivity (Wildman–Crippen MR) is 77.4 cm³/mol. The third-order valence-corrected chi connectivity index (χ3v) is 2.33. The molecule has 0 aliphatic heterocycles. The third-order valence-electron chi connectivity index (χ3n) is 2.33. The Morgan fingerprint density at radius 3 is 2.40 bits per heavy atom. The molecule has 106 valence electrons. The van der Waals surface area contributed by atoms with Crippen molar-refractivity contribution >= 4 is 23.3 Å². The molecule has 4 N–H and O–H groups in total. The molecule has 7 heteroatoms. The molecule has 0 aliphatic rings. The fraction of sp³-hybridized carbons (Fsp3) is 0.231. The summed E-state index contributed by atoms with van der Waals surface area (Å²) < 4.78 is 4.88. The summed E-state index contributed by atoms with van der Waals surface area (Å²) in [7, 11) is 1.63. The molecular weight excluding hydrogens is 258 g/mol. The van der Waals surface area contributed by atoms with Gasteiger partial charge < -0.3 is 16.2 Å². The number of ether oxygens (including phenoxy) is 1. The van der Waals surface area contributed by atoms with Gasteiger partial charge >= 0.3 is 5.97 Å². The highest BCUT2D eigenvalue weighted by atomic mass is 16.5. The Hall–Kier alpha value is -2.70. The lowest BCUT2D eigenvalue weighted by Gasteiger charge is -2.06. The van der Waals surface area contributed by atoms with E-state index in [9.17, 15) is 4.79 Å². The van der Waals surface area contributed by atoms with E-state index in [1.165, 1.54) is 18.6 Å². The largest absolute Gasteiger partial charge is 0.462 e. The molecule has 1 aromatic heterocycles. The van der Waals surface area contributed by atoms with E-state index < -0.39 is 5.97 Å². The van der Waals surface area contributed by atoms with Crippen LogP contribution < -0.4 is 11.5 Å². The van der Waals surface area contributed by atoms with Crippen LogP contribution in [0.1, 0.15) is 18.3 Å². The zero-order valence-electron chi connectivity index (χ0n) is 11.4. The zero-order valence-corrected chi connectivity index (χ0v) is 11.4. The molecule has 1 heterocycles. The van der Waals surface area contributed by atoms with E-state index in [2.05, 4.69) is 15.0 Å². The van der Waals surface area contributed by atoms with E-state index in [4.69, 9.17) is 16.2 Å². The van der Waals surface area contributed by atoms with Gasteiger partial charge in [0.2, 0.25) is 0 Å². The number of aliphatic imine (C=N–C) groups is 1. The molecule has 0 aliphatic carbocycles. The average Bonchev–Trinajstić information content (AvgIpc) is 2.47. The maximum Gasteiger partial charge on any atom is 0.341 e. The number of hydrogen-bond acceptors (Lipinski definition) is 7. The van der Waals surface area contributed by atoms with Crippen LogP contribution >= 0.6 is 0 Å². The third kappa shape index (κ3) is 3.64. The molecule has 7 nitrogen and oxygen atoms in total. The molecule has 1 rings (SSSR count). The standard InChI is InChI=1S/C13H17N5O2/c1-3-20-13(19)10(5-15)12-8-17-11(7-18-12)9(4-14)6-16-2/h4-8H,3,14-15H2,1-2H3/b9-4+,10-5+,16-6?. The summed E-state index contributed by atoms with van der Waals surface area (Å²) in [6.45, 7) is 1.97. The van der Waals surface area contributed by atoms with Crippen LogP contribution in [0.5, 0.6) is 0 Å². The molecule has 0 spiro atoms. The summed E-state index contributed by atoms with van der Waals surface area (Å²) >= 11 is 0. The van der Waals surface area contributed by atoms with Gasteiger partial charge in [-0.3, -0.25) is 15.0 Å². The van der Waals surface area contributed by atoms with E-state index in [0.29, 0.717) is 17.0 Å². The van der Waals surface area contributed by atoms with Crippen LogP contribution in [0.4, 0.5) is 0 Å². The highest BCUT2D eigenvalue weighted by Crippen LogP contribution is 2.14. The van der Waals surface area contributed by atoms with Gasteiger partial charge in [0.05, 0.1) is 30.4 Å². The normalized spacial score (nSPS) is 12.7. The van der Waals surface area contributed by atoms with Crippen molar-refractivity contribution in [3.8, 4) is 0 Å². The summed E-state index contributed by atoms with van der Waals surface area (Å²) in [6.07, 6.45) is 7.00. The number of carbonyl (C=O) groups excluding carboxylic acids is 1. The second-order valence-electron chi connectivity index (χ2n) is 3.60. The van der Waals surface area contributed by atoms with Gasteiger partial charge in [0.1, 0.15) is 5.57 Å². The Morgan fingerprint density at radius 1 is 1.30 bits per heavy atom. The second-order valence-corrected chi connectivity index (χ2v) is 3.60. The molecule has 0 saturated carbocycles. The smallest absolute Gasteiger partial charge is 0.341 e. The van der Waals surface area contributed by atoms with Crippen molar-refractivity contribution in [1.29, 1.82) is 0 Å². The van der Waals surface area contributed by atoms with Crippen LogP contribution in [0.25, 0.3) is 11.1 Å². The number of nitrogens with zero attached hydrogens (tertiary/aromatic N) is 3. The minimum atomic E-state index is -0.540. The Bertz CT molecular complexity index is 546. The Kier molecular flexibility index (Phi) is 5.89. The molecule has 0 bridgehead atoms. The lowest BCUT2D eigenvalue weighted by molar-refractivity contribution is -0.136. The predicted octanol–water partition coefficient (Wildman–Crippen LogP) is 0.340. The number of hydrogen-bond donors (Lipinski definition) is 2. The summed E-state index contributed by atoms with van der Waals surface area (Å²) in [5, 5.41) is 0. The van der Waals surface area contributed by atoms with E-state index in [0.717, 1.165) is 6.20 Å².